The van der Waals surface area contributed by atoms with Gasteiger partial charge in [0.1, 0.15) is 0 Å². The highest BCUT2D eigenvalue weighted by Gasteiger charge is 2.17. The van der Waals surface area contributed by atoms with Gasteiger partial charge in [0.25, 0.3) is 5.91 Å². The van der Waals surface area contributed by atoms with E-state index in [1.165, 1.54) is 11.3 Å². The first-order chi connectivity index (χ1) is 13.7. The zero-order valence-electron chi connectivity index (χ0n) is 15.2. The van der Waals surface area contributed by atoms with E-state index >= 15 is 0 Å². The second-order valence-corrected chi connectivity index (χ2v) is 7.07. The van der Waals surface area contributed by atoms with Crippen molar-refractivity contribution >= 4 is 33.4 Å². The summed E-state index contributed by atoms with van der Waals surface area (Å²) in [5, 5.41) is 8.02. The third-order valence-corrected chi connectivity index (χ3v) is 5.06. The van der Waals surface area contributed by atoms with E-state index in [0.29, 0.717) is 18.2 Å². The number of carbonyl (C=O) groups excluding carboxylic acids is 1. The van der Waals surface area contributed by atoms with Gasteiger partial charge in [0.05, 0.1) is 34.2 Å². The van der Waals surface area contributed by atoms with E-state index < -0.39 is 0 Å². The average molecular weight is 395 g/mol. The minimum absolute atomic E-state index is 0. The third-order valence-electron chi connectivity index (χ3n) is 4.15. The van der Waals surface area contributed by atoms with Crippen molar-refractivity contribution in [3.63, 3.8) is 0 Å². The minimum atomic E-state index is -0.256. The van der Waals surface area contributed by atoms with Crippen molar-refractivity contribution in [1.29, 1.82) is 0 Å². The maximum atomic E-state index is 12.8. The van der Waals surface area contributed by atoms with Crippen LogP contribution < -0.4 is 10.6 Å². The standard InChI is InChI=1S/C20H18N6OS.2H2/c1-13(15-7-3-5-10-22-15)24-20-25-16-8-11-28-18(16)17(26-20)19(27)23-12-14-6-2-4-9-21-14;;/h2-11,13H,12H2,1H3,(H,23,27)(H,24,25,26);2*1H. The highest BCUT2D eigenvalue weighted by Crippen LogP contribution is 2.25. The van der Waals surface area contributed by atoms with Crippen molar-refractivity contribution in [2.75, 3.05) is 5.32 Å². The second-order valence-electron chi connectivity index (χ2n) is 6.16. The molecule has 8 heteroatoms. The van der Waals surface area contributed by atoms with Crippen molar-refractivity contribution in [2.45, 2.75) is 19.5 Å². The minimum Gasteiger partial charge on any atom is -0.346 e. The van der Waals surface area contributed by atoms with Crippen molar-refractivity contribution in [2.24, 2.45) is 0 Å². The Labute approximate surface area is 168 Å². The van der Waals surface area contributed by atoms with Crippen LogP contribution in [0.3, 0.4) is 0 Å². The highest BCUT2D eigenvalue weighted by atomic mass is 32.1. The number of hydrogen-bond acceptors (Lipinski definition) is 7. The summed E-state index contributed by atoms with van der Waals surface area (Å²) in [6.07, 6.45) is 3.44. The van der Waals surface area contributed by atoms with Gasteiger partial charge in [0, 0.05) is 15.2 Å². The molecule has 0 saturated heterocycles. The first kappa shape index (κ1) is 18.0. The molecule has 4 aromatic rings. The van der Waals surface area contributed by atoms with Gasteiger partial charge in [-0.3, -0.25) is 14.8 Å². The molecule has 4 rings (SSSR count). The monoisotopic (exact) mass is 394 g/mol. The van der Waals surface area contributed by atoms with Crippen LogP contribution in [0.15, 0.2) is 60.2 Å². The van der Waals surface area contributed by atoms with Crippen LogP contribution in [0.1, 0.15) is 37.7 Å². The molecular formula is C20H22N6OS. The van der Waals surface area contributed by atoms with Crippen LogP contribution in [0.5, 0.6) is 0 Å². The number of aromatic nitrogens is 4. The van der Waals surface area contributed by atoms with Gasteiger partial charge in [-0.05, 0) is 42.6 Å². The Kier molecular flexibility index (Phi) is 5.20. The molecule has 0 saturated carbocycles. The Morgan fingerprint density at radius 3 is 2.68 bits per heavy atom. The van der Waals surface area contributed by atoms with E-state index in [2.05, 4.69) is 30.6 Å². The van der Waals surface area contributed by atoms with E-state index in [-0.39, 0.29) is 14.8 Å². The quantitative estimate of drug-likeness (QED) is 0.512. The molecule has 0 fully saturated rings. The van der Waals surface area contributed by atoms with E-state index in [1.807, 2.05) is 54.8 Å². The molecule has 0 aliphatic rings. The first-order valence-electron chi connectivity index (χ1n) is 8.81. The van der Waals surface area contributed by atoms with E-state index in [1.54, 1.807) is 12.4 Å². The maximum Gasteiger partial charge on any atom is 0.271 e. The summed E-state index contributed by atoms with van der Waals surface area (Å²) in [6, 6.07) is 13.1. The lowest BCUT2D eigenvalue weighted by atomic mass is 10.2. The fourth-order valence-corrected chi connectivity index (χ4v) is 3.56. The van der Waals surface area contributed by atoms with Crippen LogP contribution in [-0.2, 0) is 6.54 Å². The summed E-state index contributed by atoms with van der Waals surface area (Å²) < 4.78 is 0.759. The molecule has 0 aliphatic carbocycles. The smallest absolute Gasteiger partial charge is 0.271 e. The molecule has 0 spiro atoms. The van der Waals surface area contributed by atoms with Gasteiger partial charge < -0.3 is 10.6 Å². The van der Waals surface area contributed by atoms with Gasteiger partial charge in [-0.15, -0.1) is 11.3 Å². The molecule has 7 nitrogen and oxygen atoms in total. The zero-order valence-corrected chi connectivity index (χ0v) is 16.0. The van der Waals surface area contributed by atoms with E-state index in [0.717, 1.165) is 21.6 Å². The van der Waals surface area contributed by atoms with E-state index in [4.69, 9.17) is 0 Å². The Balaban J connectivity index is 0.00000160. The highest BCUT2D eigenvalue weighted by molar-refractivity contribution is 7.17. The van der Waals surface area contributed by atoms with Crippen LogP contribution in [0.25, 0.3) is 10.2 Å². The molecule has 144 valence electrons. The predicted molar refractivity (Wildman–Crippen MR) is 113 cm³/mol. The van der Waals surface area contributed by atoms with Crippen LogP contribution in [-0.4, -0.2) is 25.8 Å². The zero-order chi connectivity index (χ0) is 19.3. The molecule has 0 aliphatic heterocycles. The summed E-state index contributed by atoms with van der Waals surface area (Å²) in [4.78, 5) is 30.4. The van der Waals surface area contributed by atoms with Gasteiger partial charge in [0.15, 0.2) is 5.69 Å². The Hall–Kier alpha value is -3.39. The predicted octanol–water partition coefficient (Wildman–Crippen LogP) is 4.08. The lowest BCUT2D eigenvalue weighted by Crippen LogP contribution is -2.25. The fourth-order valence-electron chi connectivity index (χ4n) is 2.74. The molecular weight excluding hydrogens is 372 g/mol. The Morgan fingerprint density at radius 2 is 1.93 bits per heavy atom. The SMILES string of the molecule is CC(Nc1nc(C(=O)NCc2ccccn2)c2sccc2n1)c1ccccn1.[HH].[HH]. The van der Waals surface area contributed by atoms with Gasteiger partial charge in [0.2, 0.25) is 5.95 Å². The second kappa shape index (κ2) is 8.10. The number of nitrogens with one attached hydrogen (secondary N) is 2. The van der Waals surface area contributed by atoms with Crippen molar-refractivity contribution in [3.8, 4) is 0 Å². The number of amides is 1. The molecule has 4 aromatic heterocycles. The number of pyridine rings is 2. The fraction of sp³-hybridized carbons (Fsp3) is 0.150. The number of nitrogens with zero attached hydrogens (tertiary/aromatic N) is 4. The van der Waals surface area contributed by atoms with Gasteiger partial charge >= 0.3 is 0 Å². The van der Waals surface area contributed by atoms with Crippen LogP contribution in [0.2, 0.25) is 0 Å². The van der Waals surface area contributed by atoms with Gasteiger partial charge in [-0.25, -0.2) is 9.97 Å². The molecule has 0 bridgehead atoms. The lowest BCUT2D eigenvalue weighted by Gasteiger charge is -2.14. The number of thiophene rings is 1. The summed E-state index contributed by atoms with van der Waals surface area (Å²) in [5.74, 6) is 0.140. The molecule has 1 amide bonds. The van der Waals surface area contributed by atoms with Crippen molar-refractivity contribution in [3.05, 3.63) is 77.3 Å². The summed E-state index contributed by atoms with van der Waals surface area (Å²) in [5.41, 5.74) is 2.75. The first-order valence-corrected chi connectivity index (χ1v) is 9.69. The van der Waals surface area contributed by atoms with Crippen LogP contribution in [0, 0.1) is 0 Å². The lowest BCUT2D eigenvalue weighted by molar-refractivity contribution is 0.0947. The largest absolute Gasteiger partial charge is 0.346 e. The number of hydrogen-bond donors (Lipinski definition) is 2. The molecule has 4 heterocycles. The molecule has 0 radical (unpaired) electrons. The number of anilines is 1. The summed E-state index contributed by atoms with van der Waals surface area (Å²) in [6.45, 7) is 2.31. The van der Waals surface area contributed by atoms with Crippen molar-refractivity contribution in [1.82, 2.24) is 25.3 Å². The maximum absolute atomic E-state index is 12.8. The molecule has 1 unspecified atom stereocenters. The molecule has 1 atom stereocenters. The Morgan fingerprint density at radius 1 is 1.11 bits per heavy atom. The normalized spacial score (nSPS) is 11.9. The number of carbonyl (C=O) groups is 1. The Bertz CT molecular complexity index is 1090. The van der Waals surface area contributed by atoms with Gasteiger partial charge in [-0.2, -0.15) is 0 Å². The number of fused-ring (bicyclic) bond motifs is 1. The summed E-state index contributed by atoms with van der Waals surface area (Å²) >= 11 is 1.45. The van der Waals surface area contributed by atoms with Crippen molar-refractivity contribution < 1.29 is 7.65 Å². The van der Waals surface area contributed by atoms with Crippen LogP contribution >= 0.6 is 11.3 Å². The molecule has 28 heavy (non-hydrogen) atoms. The third kappa shape index (κ3) is 3.96. The van der Waals surface area contributed by atoms with Gasteiger partial charge in [-0.1, -0.05) is 12.1 Å². The van der Waals surface area contributed by atoms with E-state index in [9.17, 15) is 4.79 Å². The summed E-state index contributed by atoms with van der Waals surface area (Å²) in [7, 11) is 0. The molecule has 0 aromatic carbocycles. The number of rotatable bonds is 6. The van der Waals surface area contributed by atoms with Crippen LogP contribution in [0.4, 0.5) is 5.95 Å². The average Bonchev–Trinajstić information content (AvgIpc) is 3.21. The topological polar surface area (TPSA) is 92.7 Å². The molecule has 2 N–H and O–H groups in total.